The predicted octanol–water partition coefficient (Wildman–Crippen LogP) is 2.85. The van der Waals surface area contributed by atoms with Gasteiger partial charge in [0.05, 0.1) is 6.61 Å². The zero-order chi connectivity index (χ0) is 12.3. The largest absolute Gasteiger partial charge is 0.396 e. The molecule has 94 valence electrons. The Morgan fingerprint density at radius 1 is 1.24 bits per heavy atom. The van der Waals surface area contributed by atoms with E-state index in [0.717, 1.165) is 13.0 Å². The highest BCUT2D eigenvalue weighted by atomic mass is 16.3. The first kappa shape index (κ1) is 12.4. The van der Waals surface area contributed by atoms with E-state index in [9.17, 15) is 5.11 Å². The zero-order valence-corrected chi connectivity index (χ0v) is 10.9. The molecule has 1 aromatic carbocycles. The van der Waals surface area contributed by atoms with E-state index in [-0.39, 0.29) is 5.41 Å². The highest BCUT2D eigenvalue weighted by molar-refractivity contribution is 5.47. The molecule has 0 aromatic heterocycles. The number of aryl methyl sites for hydroxylation is 1. The van der Waals surface area contributed by atoms with E-state index in [1.54, 1.807) is 0 Å². The average molecular weight is 233 g/mol. The Hall–Kier alpha value is -1.02. The molecule has 1 N–H and O–H groups in total. The Balaban J connectivity index is 2.01. The van der Waals surface area contributed by atoms with E-state index in [2.05, 4.69) is 43.1 Å². The molecule has 2 nitrogen and oxygen atoms in total. The quantitative estimate of drug-likeness (QED) is 0.845. The summed E-state index contributed by atoms with van der Waals surface area (Å²) in [5.74, 6) is 0. The topological polar surface area (TPSA) is 23.5 Å². The summed E-state index contributed by atoms with van der Waals surface area (Å²) < 4.78 is 0. The molecule has 0 spiro atoms. The van der Waals surface area contributed by atoms with Crippen molar-refractivity contribution < 1.29 is 5.11 Å². The van der Waals surface area contributed by atoms with Gasteiger partial charge in [-0.25, -0.2) is 0 Å². The standard InChI is InChI=1S/C15H23NO/c1-3-13-5-7-14(8-6-13)16(2)11-15(12-17)9-4-10-15/h5-8,17H,3-4,9-12H2,1-2H3. The second-order valence-corrected chi connectivity index (χ2v) is 5.39. The third-order valence-corrected chi connectivity index (χ3v) is 4.11. The van der Waals surface area contributed by atoms with E-state index >= 15 is 0 Å². The molecule has 0 aliphatic heterocycles. The van der Waals surface area contributed by atoms with Crippen molar-refractivity contribution in [2.24, 2.45) is 5.41 Å². The van der Waals surface area contributed by atoms with Gasteiger partial charge in [-0.1, -0.05) is 25.5 Å². The molecule has 1 aliphatic carbocycles. The van der Waals surface area contributed by atoms with E-state index in [1.165, 1.54) is 30.5 Å². The van der Waals surface area contributed by atoms with Gasteiger partial charge in [-0.3, -0.25) is 0 Å². The molecule has 0 radical (unpaired) electrons. The van der Waals surface area contributed by atoms with E-state index in [4.69, 9.17) is 0 Å². The minimum Gasteiger partial charge on any atom is -0.396 e. The lowest BCUT2D eigenvalue weighted by Gasteiger charge is -2.43. The molecule has 2 rings (SSSR count). The van der Waals surface area contributed by atoms with E-state index in [1.807, 2.05) is 0 Å². The molecule has 0 atom stereocenters. The summed E-state index contributed by atoms with van der Waals surface area (Å²) in [6.45, 7) is 3.47. The number of anilines is 1. The van der Waals surface area contributed by atoms with Gasteiger partial charge in [0.15, 0.2) is 0 Å². The summed E-state index contributed by atoms with van der Waals surface area (Å²) in [5.41, 5.74) is 2.79. The first-order valence-electron chi connectivity index (χ1n) is 6.60. The Morgan fingerprint density at radius 2 is 1.88 bits per heavy atom. The lowest BCUT2D eigenvalue weighted by molar-refractivity contribution is 0.0524. The summed E-state index contributed by atoms with van der Waals surface area (Å²) in [5, 5.41) is 9.49. The van der Waals surface area contributed by atoms with Gasteiger partial charge in [-0.05, 0) is 37.0 Å². The normalized spacial score (nSPS) is 17.6. The van der Waals surface area contributed by atoms with Crippen molar-refractivity contribution in [1.82, 2.24) is 0 Å². The molecule has 0 heterocycles. The van der Waals surface area contributed by atoms with Gasteiger partial charge in [0.2, 0.25) is 0 Å². The van der Waals surface area contributed by atoms with Crippen LogP contribution in [-0.2, 0) is 6.42 Å². The van der Waals surface area contributed by atoms with Crippen LogP contribution < -0.4 is 4.90 Å². The molecular weight excluding hydrogens is 210 g/mol. The van der Waals surface area contributed by atoms with Crippen LogP contribution in [-0.4, -0.2) is 25.3 Å². The van der Waals surface area contributed by atoms with Gasteiger partial charge in [0, 0.05) is 24.7 Å². The Labute approximate surface area is 104 Å². The second-order valence-electron chi connectivity index (χ2n) is 5.39. The maximum absolute atomic E-state index is 9.49. The minimum atomic E-state index is 0.165. The van der Waals surface area contributed by atoms with Crippen molar-refractivity contribution in [2.75, 3.05) is 25.1 Å². The maximum atomic E-state index is 9.49. The minimum absolute atomic E-state index is 0.165. The van der Waals surface area contributed by atoms with Crippen molar-refractivity contribution in [1.29, 1.82) is 0 Å². The maximum Gasteiger partial charge on any atom is 0.0504 e. The van der Waals surface area contributed by atoms with Crippen molar-refractivity contribution in [2.45, 2.75) is 32.6 Å². The highest BCUT2D eigenvalue weighted by Crippen LogP contribution is 2.41. The molecule has 1 fully saturated rings. The number of benzene rings is 1. The van der Waals surface area contributed by atoms with Gasteiger partial charge >= 0.3 is 0 Å². The van der Waals surface area contributed by atoms with Crippen LogP contribution in [0.25, 0.3) is 0 Å². The average Bonchev–Trinajstić information content (AvgIpc) is 2.33. The number of hydrogen-bond donors (Lipinski definition) is 1. The molecule has 1 aliphatic rings. The van der Waals surface area contributed by atoms with Crippen LogP contribution in [0.1, 0.15) is 31.7 Å². The first-order chi connectivity index (χ1) is 8.19. The Morgan fingerprint density at radius 3 is 2.29 bits per heavy atom. The van der Waals surface area contributed by atoms with E-state index < -0.39 is 0 Å². The third-order valence-electron chi connectivity index (χ3n) is 4.11. The predicted molar refractivity (Wildman–Crippen MR) is 72.5 cm³/mol. The molecule has 0 bridgehead atoms. The summed E-state index contributed by atoms with van der Waals surface area (Å²) in [4.78, 5) is 2.27. The van der Waals surface area contributed by atoms with Gasteiger partial charge in [-0.15, -0.1) is 0 Å². The van der Waals surface area contributed by atoms with E-state index in [0.29, 0.717) is 6.61 Å². The van der Waals surface area contributed by atoms with Crippen LogP contribution >= 0.6 is 0 Å². The fourth-order valence-electron chi connectivity index (χ4n) is 2.62. The fraction of sp³-hybridized carbons (Fsp3) is 0.600. The van der Waals surface area contributed by atoms with Gasteiger partial charge in [-0.2, -0.15) is 0 Å². The molecule has 0 saturated heterocycles. The second kappa shape index (κ2) is 5.09. The van der Waals surface area contributed by atoms with Crippen molar-refractivity contribution in [3.63, 3.8) is 0 Å². The fourth-order valence-corrected chi connectivity index (χ4v) is 2.62. The van der Waals surface area contributed by atoms with Crippen LogP contribution in [0.15, 0.2) is 24.3 Å². The third kappa shape index (κ3) is 2.63. The van der Waals surface area contributed by atoms with Crippen LogP contribution in [0.2, 0.25) is 0 Å². The SMILES string of the molecule is CCc1ccc(N(C)CC2(CO)CCC2)cc1. The molecule has 2 heteroatoms. The van der Waals surface area contributed by atoms with Crippen LogP contribution in [0.5, 0.6) is 0 Å². The van der Waals surface area contributed by atoms with Crippen LogP contribution in [0.3, 0.4) is 0 Å². The number of aliphatic hydroxyl groups excluding tert-OH is 1. The number of rotatable bonds is 5. The summed E-state index contributed by atoms with van der Waals surface area (Å²) >= 11 is 0. The zero-order valence-electron chi connectivity index (χ0n) is 10.9. The smallest absolute Gasteiger partial charge is 0.0504 e. The van der Waals surface area contributed by atoms with Crippen molar-refractivity contribution >= 4 is 5.69 Å². The van der Waals surface area contributed by atoms with Gasteiger partial charge < -0.3 is 10.0 Å². The van der Waals surface area contributed by atoms with Crippen LogP contribution in [0, 0.1) is 5.41 Å². The molecule has 0 unspecified atom stereocenters. The van der Waals surface area contributed by atoms with Crippen molar-refractivity contribution in [3.05, 3.63) is 29.8 Å². The lowest BCUT2D eigenvalue weighted by atomic mass is 9.69. The van der Waals surface area contributed by atoms with Gasteiger partial charge in [0.25, 0.3) is 0 Å². The molecule has 0 amide bonds. The molecule has 1 saturated carbocycles. The van der Waals surface area contributed by atoms with Crippen molar-refractivity contribution in [3.8, 4) is 0 Å². The Bertz CT molecular complexity index is 348. The summed E-state index contributed by atoms with van der Waals surface area (Å²) in [7, 11) is 2.12. The number of hydrogen-bond acceptors (Lipinski definition) is 2. The highest BCUT2D eigenvalue weighted by Gasteiger charge is 2.37. The van der Waals surface area contributed by atoms with Crippen LogP contribution in [0.4, 0.5) is 5.69 Å². The first-order valence-corrected chi connectivity index (χ1v) is 6.60. The lowest BCUT2D eigenvalue weighted by Crippen LogP contribution is -2.43. The molecular formula is C15H23NO. The molecule has 17 heavy (non-hydrogen) atoms. The summed E-state index contributed by atoms with van der Waals surface area (Å²) in [6, 6.07) is 8.75. The number of nitrogens with zero attached hydrogens (tertiary/aromatic N) is 1. The molecule has 1 aromatic rings. The monoisotopic (exact) mass is 233 g/mol. The Kier molecular flexibility index (Phi) is 3.72. The summed E-state index contributed by atoms with van der Waals surface area (Å²) in [6.07, 6.45) is 4.69. The van der Waals surface area contributed by atoms with Gasteiger partial charge in [0.1, 0.15) is 0 Å². The number of aliphatic hydroxyl groups is 1.